The van der Waals surface area contributed by atoms with Crippen LogP contribution in [0.1, 0.15) is 6.42 Å². The van der Waals surface area contributed by atoms with Gasteiger partial charge in [-0.15, -0.1) is 0 Å². The highest BCUT2D eigenvalue weighted by Crippen LogP contribution is 2.14. The molecule has 0 fully saturated rings. The van der Waals surface area contributed by atoms with Crippen LogP contribution < -0.4 is 0 Å². The smallest absolute Gasteiger partial charge is 0.382 e. The Hall–Kier alpha value is -0.183. The lowest BCUT2D eigenvalue weighted by atomic mass is 10.5. The molecule has 0 aliphatic rings. The molecule has 0 radical (unpaired) electrons. The highest BCUT2D eigenvalue weighted by atomic mass is 28.4. The van der Waals surface area contributed by atoms with Gasteiger partial charge in [0.2, 0.25) is 0 Å². The van der Waals surface area contributed by atoms with Crippen molar-refractivity contribution in [2.45, 2.75) is 12.5 Å². The van der Waals surface area contributed by atoms with E-state index >= 15 is 0 Å². The monoisotopic (exact) mass is 458 g/mol. The molecule has 0 aromatic heterocycles. The molecule has 0 saturated carbocycles. The average molecular weight is 459 g/mol. The highest BCUT2D eigenvalue weighted by molar-refractivity contribution is 6.60. The molecule has 0 aromatic carbocycles. The lowest BCUT2D eigenvalue weighted by molar-refractivity contribution is -0.0191. The van der Waals surface area contributed by atoms with E-state index in [1.807, 2.05) is 0 Å². The van der Waals surface area contributed by atoms with Gasteiger partial charge in [0, 0.05) is 41.1 Å². The van der Waals surface area contributed by atoms with Crippen molar-refractivity contribution in [3.63, 3.8) is 0 Å². The van der Waals surface area contributed by atoms with E-state index in [9.17, 15) is 0 Å². The van der Waals surface area contributed by atoms with Crippen molar-refractivity contribution in [2.75, 3.05) is 114 Å². The van der Waals surface area contributed by atoms with Crippen molar-refractivity contribution in [1.29, 1.82) is 0 Å². The minimum absolute atomic E-state index is 0.530. The van der Waals surface area contributed by atoms with Crippen LogP contribution >= 0.6 is 0 Å². The van der Waals surface area contributed by atoms with Crippen molar-refractivity contribution in [3.8, 4) is 0 Å². The van der Waals surface area contributed by atoms with Crippen molar-refractivity contribution in [2.24, 2.45) is 0 Å². The molecule has 182 valence electrons. The second-order valence-corrected chi connectivity index (χ2v) is 9.16. The van der Waals surface area contributed by atoms with Crippen LogP contribution in [-0.2, 0) is 46.4 Å². The Kier molecular flexibility index (Phi) is 23.3. The lowest BCUT2D eigenvalue weighted by Crippen LogP contribution is -2.42. The zero-order valence-electron chi connectivity index (χ0n) is 19.2. The second kappa shape index (κ2) is 23.5. The normalized spacial score (nSPS) is 12.0. The molecule has 0 aliphatic heterocycles. The van der Waals surface area contributed by atoms with Crippen LogP contribution in [0.25, 0.3) is 0 Å². The maximum Gasteiger partial charge on any atom is 0.500 e. The Morgan fingerprint density at radius 1 is 0.400 bits per heavy atom. The fraction of sp³-hybridized carbons (Fsp3) is 1.00. The highest BCUT2D eigenvalue weighted by Gasteiger charge is 2.36. The van der Waals surface area contributed by atoms with E-state index < -0.39 is 8.80 Å². The molecule has 0 rings (SSSR count). The molecular formula is C19H42O10Si. The van der Waals surface area contributed by atoms with E-state index in [4.69, 9.17) is 46.4 Å². The van der Waals surface area contributed by atoms with Crippen LogP contribution in [0.5, 0.6) is 0 Å². The van der Waals surface area contributed by atoms with Gasteiger partial charge in [-0.05, 0) is 6.42 Å². The van der Waals surface area contributed by atoms with Crippen LogP contribution in [0.2, 0.25) is 6.04 Å². The van der Waals surface area contributed by atoms with Gasteiger partial charge in [0.1, 0.15) is 0 Å². The van der Waals surface area contributed by atoms with E-state index in [0.717, 1.165) is 12.5 Å². The van der Waals surface area contributed by atoms with E-state index in [0.29, 0.717) is 85.9 Å². The van der Waals surface area contributed by atoms with Gasteiger partial charge in [-0.1, -0.05) is 0 Å². The van der Waals surface area contributed by atoms with E-state index in [2.05, 4.69) is 0 Å². The summed E-state index contributed by atoms with van der Waals surface area (Å²) in [5.74, 6) is 0. The summed E-state index contributed by atoms with van der Waals surface area (Å²) in [4.78, 5) is 0. The van der Waals surface area contributed by atoms with Gasteiger partial charge in [0.25, 0.3) is 0 Å². The standard InChI is InChI=1S/C19H42O10Si/c1-20-7-8-25-11-12-27-15-16-29-18-17-28-14-13-26-10-9-24-6-5-19-30(21-2,22-3)23-4/h5-19H2,1-4H3. The van der Waals surface area contributed by atoms with Gasteiger partial charge in [0.05, 0.1) is 79.3 Å². The summed E-state index contributed by atoms with van der Waals surface area (Å²) < 4.78 is 53.4. The quantitative estimate of drug-likeness (QED) is 0.146. The summed E-state index contributed by atoms with van der Waals surface area (Å²) in [6.45, 7) is 7.22. The number of rotatable bonds is 25. The first-order valence-corrected chi connectivity index (χ1v) is 12.3. The maximum absolute atomic E-state index is 5.53. The first-order valence-electron chi connectivity index (χ1n) is 10.4. The first-order chi connectivity index (χ1) is 14.7. The Balaban J connectivity index is 3.16. The third-order valence-corrected chi connectivity index (χ3v) is 6.83. The number of hydrogen-bond donors (Lipinski definition) is 0. The lowest BCUT2D eigenvalue weighted by Gasteiger charge is -2.24. The predicted molar refractivity (Wildman–Crippen MR) is 113 cm³/mol. The molecule has 30 heavy (non-hydrogen) atoms. The topological polar surface area (TPSA) is 92.3 Å². The van der Waals surface area contributed by atoms with Gasteiger partial charge < -0.3 is 46.4 Å². The number of hydrogen-bond acceptors (Lipinski definition) is 10. The molecule has 0 aromatic rings. The molecule has 0 aliphatic carbocycles. The van der Waals surface area contributed by atoms with Crippen LogP contribution in [0.15, 0.2) is 0 Å². The summed E-state index contributed by atoms with van der Waals surface area (Å²) in [6, 6.07) is 0.725. The summed E-state index contributed by atoms with van der Waals surface area (Å²) in [5.41, 5.74) is 0. The second-order valence-electron chi connectivity index (χ2n) is 6.07. The SMILES string of the molecule is COCCOCCOCCOCCOCCOCCOCCC[Si](OC)(OC)OC. The summed E-state index contributed by atoms with van der Waals surface area (Å²) in [7, 11) is 3.99. The minimum atomic E-state index is -2.49. The predicted octanol–water partition coefficient (Wildman–Crippen LogP) is 1.00. The molecule has 0 atom stereocenters. The van der Waals surface area contributed by atoms with Crippen molar-refractivity contribution >= 4 is 8.80 Å². The zero-order chi connectivity index (χ0) is 22.2. The molecule has 0 bridgehead atoms. The molecule has 0 spiro atoms. The third-order valence-electron chi connectivity index (χ3n) is 4.00. The Morgan fingerprint density at radius 3 is 1.00 bits per heavy atom. The van der Waals surface area contributed by atoms with Crippen LogP contribution in [0.3, 0.4) is 0 Å². The molecule has 11 heteroatoms. The fourth-order valence-electron chi connectivity index (χ4n) is 2.29. The van der Waals surface area contributed by atoms with Gasteiger partial charge in [-0.3, -0.25) is 0 Å². The van der Waals surface area contributed by atoms with Crippen LogP contribution in [0.4, 0.5) is 0 Å². The van der Waals surface area contributed by atoms with Crippen molar-refractivity contribution in [3.05, 3.63) is 0 Å². The minimum Gasteiger partial charge on any atom is -0.382 e. The third kappa shape index (κ3) is 18.6. The van der Waals surface area contributed by atoms with E-state index in [1.54, 1.807) is 28.4 Å². The summed E-state index contributed by atoms with van der Waals surface area (Å²) in [6.07, 6.45) is 0.818. The molecule has 0 N–H and O–H groups in total. The summed E-state index contributed by atoms with van der Waals surface area (Å²) >= 11 is 0. The maximum atomic E-state index is 5.53. The molecule has 0 saturated heterocycles. The van der Waals surface area contributed by atoms with Crippen LogP contribution in [-0.4, -0.2) is 123 Å². The van der Waals surface area contributed by atoms with Gasteiger partial charge in [-0.2, -0.15) is 0 Å². The van der Waals surface area contributed by atoms with Crippen molar-refractivity contribution < 1.29 is 46.4 Å². The Bertz CT molecular complexity index is 326. The first kappa shape index (κ1) is 29.8. The fourth-order valence-corrected chi connectivity index (χ4v) is 3.98. The van der Waals surface area contributed by atoms with E-state index in [-0.39, 0.29) is 0 Å². The molecule has 0 unspecified atom stereocenters. The van der Waals surface area contributed by atoms with Crippen molar-refractivity contribution in [1.82, 2.24) is 0 Å². The van der Waals surface area contributed by atoms with Gasteiger partial charge >= 0.3 is 8.80 Å². The Labute approximate surface area is 182 Å². The molecule has 10 nitrogen and oxygen atoms in total. The Morgan fingerprint density at radius 2 is 0.700 bits per heavy atom. The zero-order valence-corrected chi connectivity index (χ0v) is 20.2. The average Bonchev–Trinajstić information content (AvgIpc) is 2.78. The van der Waals surface area contributed by atoms with E-state index in [1.165, 1.54) is 0 Å². The number of ether oxygens (including phenoxy) is 7. The van der Waals surface area contributed by atoms with Gasteiger partial charge in [-0.25, -0.2) is 0 Å². The molecule has 0 amide bonds. The molecule has 0 heterocycles. The molecular weight excluding hydrogens is 416 g/mol. The number of methoxy groups -OCH3 is 1. The largest absolute Gasteiger partial charge is 0.500 e. The summed E-state index contributed by atoms with van der Waals surface area (Å²) in [5, 5.41) is 0. The van der Waals surface area contributed by atoms with Gasteiger partial charge in [0.15, 0.2) is 0 Å². The van der Waals surface area contributed by atoms with Crippen LogP contribution in [0, 0.1) is 0 Å².